The third kappa shape index (κ3) is 7.94. The van der Waals surface area contributed by atoms with Crippen LogP contribution in [-0.4, -0.2) is 45.4 Å². The third-order valence-electron chi connectivity index (χ3n) is 2.39. The molecule has 0 radical (unpaired) electrons. The lowest BCUT2D eigenvalue weighted by Crippen LogP contribution is -2.36. The summed E-state index contributed by atoms with van der Waals surface area (Å²) < 4.78 is 23.9. The van der Waals surface area contributed by atoms with Crippen LogP contribution in [0.15, 0.2) is 5.16 Å². The molecule has 0 saturated carbocycles. The molecular weight excluding hydrogens is 244 g/mol. The molecule has 0 atom stereocenters. The second kappa shape index (κ2) is 6.77. The quantitative estimate of drug-likeness (QED) is 0.152. The lowest BCUT2D eigenvalue weighted by Gasteiger charge is -2.22. The van der Waals surface area contributed by atoms with Crippen molar-refractivity contribution in [3.63, 3.8) is 0 Å². The SMILES string of the molecule is CC(C)(CCNCCNS(C)(=O)=O)C(N)=NO. The van der Waals surface area contributed by atoms with E-state index in [-0.39, 0.29) is 11.3 Å². The zero-order valence-corrected chi connectivity index (χ0v) is 11.3. The number of hydrogen-bond acceptors (Lipinski definition) is 5. The lowest BCUT2D eigenvalue weighted by molar-refractivity contribution is 0.305. The van der Waals surface area contributed by atoms with E-state index in [4.69, 9.17) is 10.9 Å². The van der Waals surface area contributed by atoms with Gasteiger partial charge in [0.2, 0.25) is 10.0 Å². The van der Waals surface area contributed by atoms with E-state index < -0.39 is 10.0 Å². The Morgan fingerprint density at radius 1 is 1.35 bits per heavy atom. The third-order valence-corrected chi connectivity index (χ3v) is 3.12. The van der Waals surface area contributed by atoms with Crippen LogP contribution in [0.1, 0.15) is 20.3 Å². The summed E-state index contributed by atoms with van der Waals surface area (Å²) in [7, 11) is -3.12. The second-order valence-electron chi connectivity index (χ2n) is 4.54. The van der Waals surface area contributed by atoms with E-state index >= 15 is 0 Å². The summed E-state index contributed by atoms with van der Waals surface area (Å²) in [5, 5.41) is 14.6. The van der Waals surface area contributed by atoms with Gasteiger partial charge in [-0.25, -0.2) is 13.1 Å². The Balaban J connectivity index is 3.72. The minimum absolute atomic E-state index is 0.188. The number of rotatable bonds is 8. The Hall–Kier alpha value is -0.860. The van der Waals surface area contributed by atoms with Crippen molar-refractivity contribution < 1.29 is 13.6 Å². The number of amidine groups is 1. The fourth-order valence-electron chi connectivity index (χ4n) is 1.11. The van der Waals surface area contributed by atoms with Crippen LogP contribution in [0.2, 0.25) is 0 Å². The van der Waals surface area contributed by atoms with Gasteiger partial charge in [0.25, 0.3) is 0 Å². The number of nitrogens with two attached hydrogens (primary N) is 1. The fourth-order valence-corrected chi connectivity index (χ4v) is 1.59. The first-order valence-corrected chi connectivity index (χ1v) is 7.21. The van der Waals surface area contributed by atoms with Crippen molar-refractivity contribution in [3.8, 4) is 0 Å². The Labute approximate surface area is 103 Å². The molecule has 0 aromatic heterocycles. The number of oxime groups is 1. The van der Waals surface area contributed by atoms with Gasteiger partial charge in [-0.15, -0.1) is 0 Å². The summed E-state index contributed by atoms with van der Waals surface area (Å²) in [6.07, 6.45) is 1.82. The predicted octanol–water partition coefficient (Wildman–Crippen LogP) is -0.712. The van der Waals surface area contributed by atoms with Crippen molar-refractivity contribution in [1.29, 1.82) is 0 Å². The van der Waals surface area contributed by atoms with E-state index in [9.17, 15) is 8.42 Å². The van der Waals surface area contributed by atoms with Crippen molar-refractivity contribution in [1.82, 2.24) is 10.0 Å². The van der Waals surface area contributed by atoms with Crippen LogP contribution >= 0.6 is 0 Å². The minimum atomic E-state index is -3.12. The van der Waals surface area contributed by atoms with Crippen LogP contribution in [0.4, 0.5) is 0 Å². The van der Waals surface area contributed by atoms with Crippen LogP contribution in [0.3, 0.4) is 0 Å². The summed E-state index contributed by atoms with van der Waals surface area (Å²) in [5.41, 5.74) is 5.15. The number of nitrogens with zero attached hydrogens (tertiary/aromatic N) is 1. The Morgan fingerprint density at radius 2 is 1.94 bits per heavy atom. The molecular formula is C9H22N4O3S. The first kappa shape index (κ1) is 16.1. The van der Waals surface area contributed by atoms with Crippen LogP contribution in [0.5, 0.6) is 0 Å². The molecule has 0 aliphatic heterocycles. The van der Waals surface area contributed by atoms with Crippen molar-refractivity contribution in [2.45, 2.75) is 20.3 Å². The molecule has 102 valence electrons. The summed E-state index contributed by atoms with van der Waals surface area (Å²) in [5.74, 6) is 0.188. The molecule has 0 unspecified atom stereocenters. The molecule has 5 N–H and O–H groups in total. The second-order valence-corrected chi connectivity index (χ2v) is 6.37. The molecule has 0 saturated heterocycles. The Bertz CT molecular complexity index is 351. The molecule has 0 heterocycles. The van der Waals surface area contributed by atoms with Gasteiger partial charge in [-0.1, -0.05) is 19.0 Å². The molecule has 0 fully saturated rings. The van der Waals surface area contributed by atoms with E-state index in [1.807, 2.05) is 13.8 Å². The van der Waals surface area contributed by atoms with Gasteiger partial charge in [0, 0.05) is 18.5 Å². The molecule has 0 amide bonds. The van der Waals surface area contributed by atoms with E-state index in [1.54, 1.807) is 0 Å². The maximum absolute atomic E-state index is 10.8. The van der Waals surface area contributed by atoms with Crippen molar-refractivity contribution in [3.05, 3.63) is 0 Å². The molecule has 0 aliphatic carbocycles. The summed E-state index contributed by atoms with van der Waals surface area (Å²) in [4.78, 5) is 0. The van der Waals surface area contributed by atoms with E-state index in [0.29, 0.717) is 26.1 Å². The predicted molar refractivity (Wildman–Crippen MR) is 67.5 cm³/mol. The maximum atomic E-state index is 10.8. The maximum Gasteiger partial charge on any atom is 0.208 e. The molecule has 8 heteroatoms. The van der Waals surface area contributed by atoms with Gasteiger partial charge in [0.15, 0.2) is 0 Å². The highest BCUT2D eigenvalue weighted by Gasteiger charge is 2.22. The topological polar surface area (TPSA) is 117 Å². The summed E-state index contributed by atoms with van der Waals surface area (Å²) in [6, 6.07) is 0. The van der Waals surface area contributed by atoms with Crippen LogP contribution in [0.25, 0.3) is 0 Å². The fraction of sp³-hybridized carbons (Fsp3) is 0.889. The molecule has 7 nitrogen and oxygen atoms in total. The normalized spacial score (nSPS) is 13.9. The van der Waals surface area contributed by atoms with Gasteiger partial charge in [0.05, 0.1) is 6.26 Å². The molecule has 0 aromatic carbocycles. The van der Waals surface area contributed by atoms with Gasteiger partial charge < -0.3 is 16.3 Å². The van der Waals surface area contributed by atoms with Gasteiger partial charge in [-0.05, 0) is 13.0 Å². The van der Waals surface area contributed by atoms with Crippen molar-refractivity contribution in [2.75, 3.05) is 25.9 Å². The van der Waals surface area contributed by atoms with Gasteiger partial charge in [-0.2, -0.15) is 0 Å². The van der Waals surface area contributed by atoms with Crippen LogP contribution in [-0.2, 0) is 10.0 Å². The number of nitrogens with one attached hydrogen (secondary N) is 2. The Morgan fingerprint density at radius 3 is 2.41 bits per heavy atom. The summed E-state index contributed by atoms with van der Waals surface area (Å²) in [6.45, 7) is 5.30. The van der Waals surface area contributed by atoms with Gasteiger partial charge in [-0.3, -0.25) is 0 Å². The molecule has 0 aliphatic rings. The minimum Gasteiger partial charge on any atom is -0.409 e. The molecule has 0 spiro atoms. The Kier molecular flexibility index (Phi) is 6.43. The highest BCUT2D eigenvalue weighted by atomic mass is 32.2. The smallest absolute Gasteiger partial charge is 0.208 e. The largest absolute Gasteiger partial charge is 0.409 e. The lowest BCUT2D eigenvalue weighted by atomic mass is 9.88. The van der Waals surface area contributed by atoms with Crippen molar-refractivity contribution in [2.24, 2.45) is 16.3 Å². The van der Waals surface area contributed by atoms with Crippen molar-refractivity contribution >= 4 is 15.9 Å². The summed E-state index contributed by atoms with van der Waals surface area (Å²) >= 11 is 0. The highest BCUT2D eigenvalue weighted by molar-refractivity contribution is 7.88. The highest BCUT2D eigenvalue weighted by Crippen LogP contribution is 2.19. The first-order chi connectivity index (χ1) is 7.69. The molecule has 0 rings (SSSR count). The average Bonchev–Trinajstić information content (AvgIpc) is 2.20. The van der Waals surface area contributed by atoms with Crippen LogP contribution in [0, 0.1) is 5.41 Å². The molecule has 0 bridgehead atoms. The zero-order valence-electron chi connectivity index (χ0n) is 10.5. The first-order valence-electron chi connectivity index (χ1n) is 5.32. The zero-order chi connectivity index (χ0) is 13.5. The van der Waals surface area contributed by atoms with Gasteiger partial charge >= 0.3 is 0 Å². The molecule has 17 heavy (non-hydrogen) atoms. The van der Waals surface area contributed by atoms with E-state index in [0.717, 1.165) is 6.26 Å². The standard InChI is InChI=1S/C9H22N4O3S/c1-9(2,8(10)13-14)4-5-11-6-7-12-17(3,15)16/h11-12,14H,4-7H2,1-3H3,(H2,10,13). The van der Waals surface area contributed by atoms with E-state index in [1.165, 1.54) is 0 Å². The number of hydrogen-bond donors (Lipinski definition) is 4. The van der Waals surface area contributed by atoms with E-state index in [2.05, 4.69) is 15.2 Å². The van der Waals surface area contributed by atoms with Gasteiger partial charge in [0.1, 0.15) is 5.84 Å². The van der Waals surface area contributed by atoms with Crippen LogP contribution < -0.4 is 15.8 Å². The monoisotopic (exact) mass is 266 g/mol. The number of sulfonamides is 1. The average molecular weight is 266 g/mol. The molecule has 0 aromatic rings.